The monoisotopic (exact) mass is 371 g/mol. The first kappa shape index (κ1) is 18.3. The van der Waals surface area contributed by atoms with Crippen LogP contribution < -0.4 is 16.4 Å². The van der Waals surface area contributed by atoms with Gasteiger partial charge in [-0.2, -0.15) is 0 Å². The van der Waals surface area contributed by atoms with Crippen LogP contribution in [0.3, 0.4) is 0 Å². The fourth-order valence-electron chi connectivity index (χ4n) is 3.46. The second kappa shape index (κ2) is 8.23. The van der Waals surface area contributed by atoms with Gasteiger partial charge in [0.15, 0.2) is 0 Å². The van der Waals surface area contributed by atoms with E-state index >= 15 is 0 Å². The van der Waals surface area contributed by atoms with Gasteiger partial charge in [-0.1, -0.05) is 48.0 Å². The number of aryl methyl sites for hydroxylation is 1. The summed E-state index contributed by atoms with van der Waals surface area (Å²) >= 11 is 5.91. The average Bonchev–Trinajstić information content (AvgIpc) is 2.62. The molecule has 1 aliphatic carbocycles. The summed E-state index contributed by atoms with van der Waals surface area (Å²) in [7, 11) is 0. The van der Waals surface area contributed by atoms with Crippen molar-refractivity contribution in [3.8, 4) is 0 Å². The van der Waals surface area contributed by atoms with Gasteiger partial charge in [0, 0.05) is 5.02 Å². The highest BCUT2D eigenvalue weighted by molar-refractivity contribution is 6.30. The quantitative estimate of drug-likeness (QED) is 0.749. The van der Waals surface area contributed by atoms with Gasteiger partial charge in [-0.05, 0) is 48.1 Å². The van der Waals surface area contributed by atoms with E-state index in [9.17, 15) is 9.59 Å². The third kappa shape index (κ3) is 4.55. The Balaban J connectivity index is 1.70. The lowest BCUT2D eigenvalue weighted by Gasteiger charge is -2.27. The first-order valence-electron chi connectivity index (χ1n) is 8.71. The molecule has 0 spiro atoms. The Morgan fingerprint density at radius 3 is 2.62 bits per heavy atom. The minimum absolute atomic E-state index is 0.00639. The number of nitrogens with two attached hydrogens (primary N) is 1. The molecule has 0 bridgehead atoms. The molecule has 0 aromatic heterocycles. The molecule has 26 heavy (non-hydrogen) atoms. The number of urea groups is 1. The van der Waals surface area contributed by atoms with Crippen LogP contribution in [0.25, 0.3) is 0 Å². The van der Waals surface area contributed by atoms with E-state index in [0.717, 1.165) is 24.8 Å². The Morgan fingerprint density at radius 1 is 1.15 bits per heavy atom. The van der Waals surface area contributed by atoms with E-state index in [4.69, 9.17) is 17.3 Å². The Hall–Kier alpha value is -2.53. The van der Waals surface area contributed by atoms with Crippen LogP contribution in [0.4, 0.5) is 4.79 Å². The third-order valence-corrected chi connectivity index (χ3v) is 4.94. The summed E-state index contributed by atoms with van der Waals surface area (Å²) in [6.07, 6.45) is 3.11. The molecular formula is C20H22ClN3O2. The van der Waals surface area contributed by atoms with Crippen molar-refractivity contribution in [3.63, 3.8) is 0 Å². The van der Waals surface area contributed by atoms with Crippen LogP contribution in [-0.2, 0) is 11.2 Å². The number of carbonyl (C=O) groups is 2. The average molecular weight is 372 g/mol. The van der Waals surface area contributed by atoms with Gasteiger partial charge >= 0.3 is 6.03 Å². The number of rotatable bonds is 5. The van der Waals surface area contributed by atoms with Crippen LogP contribution in [0.15, 0.2) is 48.5 Å². The fraction of sp³-hybridized carbons (Fsp3) is 0.300. The maximum Gasteiger partial charge on any atom is 0.312 e. The van der Waals surface area contributed by atoms with Gasteiger partial charge < -0.3 is 16.4 Å². The van der Waals surface area contributed by atoms with Gasteiger partial charge in [-0.25, -0.2) is 4.79 Å². The highest BCUT2D eigenvalue weighted by Gasteiger charge is 2.23. The lowest BCUT2D eigenvalue weighted by molar-refractivity contribution is -0.122. The second-order valence-corrected chi connectivity index (χ2v) is 6.96. The topological polar surface area (TPSA) is 84.2 Å². The molecule has 2 atom stereocenters. The molecule has 0 fully saturated rings. The van der Waals surface area contributed by atoms with E-state index in [1.54, 1.807) is 24.3 Å². The van der Waals surface area contributed by atoms with Gasteiger partial charge in [-0.15, -0.1) is 0 Å². The van der Waals surface area contributed by atoms with E-state index < -0.39 is 12.1 Å². The van der Waals surface area contributed by atoms with Crippen LogP contribution in [0.5, 0.6) is 0 Å². The summed E-state index contributed by atoms with van der Waals surface area (Å²) in [4.78, 5) is 24.0. The molecule has 0 aliphatic heterocycles. The largest absolute Gasteiger partial charge is 0.352 e. The van der Waals surface area contributed by atoms with Crippen LogP contribution in [0.2, 0.25) is 5.02 Å². The van der Waals surface area contributed by atoms with Gasteiger partial charge in [0.05, 0.1) is 18.5 Å². The second-order valence-electron chi connectivity index (χ2n) is 6.53. The molecule has 4 N–H and O–H groups in total. The summed E-state index contributed by atoms with van der Waals surface area (Å²) < 4.78 is 0. The fourth-order valence-corrected chi connectivity index (χ4v) is 3.59. The highest BCUT2D eigenvalue weighted by Crippen LogP contribution is 2.30. The molecule has 2 aromatic rings. The Kier molecular flexibility index (Phi) is 5.78. The smallest absolute Gasteiger partial charge is 0.312 e. The van der Waals surface area contributed by atoms with Crippen LogP contribution in [0.1, 0.15) is 48.0 Å². The summed E-state index contributed by atoms with van der Waals surface area (Å²) in [5.74, 6) is -0.125. The lowest BCUT2D eigenvalue weighted by atomic mass is 9.87. The van der Waals surface area contributed by atoms with Crippen molar-refractivity contribution in [2.75, 3.05) is 0 Å². The van der Waals surface area contributed by atoms with E-state index in [1.165, 1.54) is 11.1 Å². The van der Waals surface area contributed by atoms with Crippen molar-refractivity contribution in [3.05, 3.63) is 70.2 Å². The molecule has 0 heterocycles. The number of halogens is 1. The SMILES string of the molecule is NC(=O)N[C@@H](CC(=O)N[C@@H]1CCCc2ccccc21)c1ccc(Cl)cc1. The minimum Gasteiger partial charge on any atom is -0.352 e. The number of primary amides is 1. The van der Waals surface area contributed by atoms with Crippen molar-refractivity contribution in [2.24, 2.45) is 5.73 Å². The standard InChI is InChI=1S/C20H22ClN3O2/c21-15-10-8-14(9-11-15)18(24-20(22)26)12-19(25)23-17-7-3-5-13-4-1-2-6-16(13)17/h1-2,4,6,8-11,17-18H,3,5,7,12H2,(H,23,25)(H3,22,24,26)/t17-,18+/m1/s1. The normalized spacial score (nSPS) is 17.0. The van der Waals surface area contributed by atoms with Crippen molar-refractivity contribution in [2.45, 2.75) is 37.8 Å². The van der Waals surface area contributed by atoms with Crippen molar-refractivity contribution in [1.82, 2.24) is 10.6 Å². The minimum atomic E-state index is -0.666. The molecule has 3 amide bonds. The maximum atomic E-state index is 12.6. The molecule has 5 nitrogen and oxygen atoms in total. The zero-order valence-electron chi connectivity index (χ0n) is 14.4. The highest BCUT2D eigenvalue weighted by atomic mass is 35.5. The Morgan fingerprint density at radius 2 is 1.88 bits per heavy atom. The van der Waals surface area contributed by atoms with Gasteiger partial charge in [0.25, 0.3) is 0 Å². The molecule has 0 radical (unpaired) electrons. The first-order chi connectivity index (χ1) is 12.5. The number of nitrogens with one attached hydrogen (secondary N) is 2. The summed E-state index contributed by atoms with van der Waals surface area (Å²) in [5.41, 5.74) is 8.53. The van der Waals surface area contributed by atoms with Crippen molar-refractivity contribution >= 4 is 23.5 Å². The summed E-state index contributed by atoms with van der Waals surface area (Å²) in [6, 6.07) is 14.1. The van der Waals surface area contributed by atoms with Gasteiger partial charge in [0.1, 0.15) is 0 Å². The van der Waals surface area contributed by atoms with Crippen molar-refractivity contribution < 1.29 is 9.59 Å². The van der Waals surface area contributed by atoms with E-state index in [2.05, 4.69) is 22.8 Å². The predicted octanol–water partition coefficient (Wildman–Crippen LogP) is 3.63. The third-order valence-electron chi connectivity index (χ3n) is 4.68. The summed E-state index contributed by atoms with van der Waals surface area (Å²) in [5, 5.41) is 6.33. The van der Waals surface area contributed by atoms with E-state index in [0.29, 0.717) is 5.02 Å². The van der Waals surface area contributed by atoms with Crippen LogP contribution in [-0.4, -0.2) is 11.9 Å². The molecule has 136 valence electrons. The van der Waals surface area contributed by atoms with Gasteiger partial charge in [-0.3, -0.25) is 4.79 Å². The molecule has 3 rings (SSSR count). The van der Waals surface area contributed by atoms with Crippen LogP contribution >= 0.6 is 11.6 Å². The zero-order valence-corrected chi connectivity index (χ0v) is 15.1. The molecule has 6 heteroatoms. The van der Waals surface area contributed by atoms with Crippen LogP contribution in [0, 0.1) is 0 Å². The number of hydrogen-bond donors (Lipinski definition) is 3. The molecule has 1 aliphatic rings. The van der Waals surface area contributed by atoms with Gasteiger partial charge in [0.2, 0.25) is 5.91 Å². The molecule has 2 aromatic carbocycles. The molecule has 0 saturated carbocycles. The summed E-state index contributed by atoms with van der Waals surface area (Å²) in [6.45, 7) is 0. The lowest BCUT2D eigenvalue weighted by Crippen LogP contribution is -2.38. The molecule has 0 unspecified atom stereocenters. The number of fused-ring (bicyclic) bond motifs is 1. The Labute approximate surface area is 157 Å². The maximum absolute atomic E-state index is 12.6. The van der Waals surface area contributed by atoms with E-state index in [1.807, 2.05) is 12.1 Å². The number of benzene rings is 2. The number of amides is 3. The number of hydrogen-bond acceptors (Lipinski definition) is 2. The van der Waals surface area contributed by atoms with E-state index in [-0.39, 0.29) is 18.4 Å². The predicted molar refractivity (Wildman–Crippen MR) is 102 cm³/mol. The van der Waals surface area contributed by atoms with Crippen molar-refractivity contribution in [1.29, 1.82) is 0 Å². The Bertz CT molecular complexity index is 792. The number of carbonyl (C=O) groups excluding carboxylic acids is 2. The molecule has 0 saturated heterocycles. The zero-order chi connectivity index (χ0) is 18.5. The first-order valence-corrected chi connectivity index (χ1v) is 9.09. The molecular weight excluding hydrogens is 350 g/mol.